The highest BCUT2D eigenvalue weighted by Gasteiger charge is 2.34. The second kappa shape index (κ2) is 19.2. The Labute approximate surface area is 392 Å². The average molecular weight is 908 g/mol. The summed E-state index contributed by atoms with van der Waals surface area (Å²) in [6.07, 6.45) is 10.6. The van der Waals surface area contributed by atoms with Gasteiger partial charge >= 0.3 is 0 Å². The van der Waals surface area contributed by atoms with Crippen molar-refractivity contribution in [1.82, 2.24) is 45.0 Å². The summed E-state index contributed by atoms with van der Waals surface area (Å²) in [5.41, 5.74) is 12.5. The maximum atomic E-state index is 15.4. The zero-order valence-electron chi connectivity index (χ0n) is 38.8. The number of carbonyl (C=O) groups is 3. The Morgan fingerprint density at radius 1 is 0.896 bits per heavy atom. The Balaban J connectivity index is 0.689. The van der Waals surface area contributed by atoms with Gasteiger partial charge in [-0.3, -0.25) is 19.3 Å². The molecule has 0 bridgehead atoms. The number of piperazine rings is 1. The van der Waals surface area contributed by atoms with Gasteiger partial charge in [0.25, 0.3) is 5.91 Å². The number of nitrogens with zero attached hydrogens (tertiary/aromatic N) is 7. The summed E-state index contributed by atoms with van der Waals surface area (Å²) in [4.78, 5) is 54.3. The number of amides is 2. The zero-order valence-corrected chi connectivity index (χ0v) is 38.8. The third kappa shape index (κ3) is 9.41. The van der Waals surface area contributed by atoms with Crippen LogP contribution in [-0.2, 0) is 16.6 Å². The summed E-state index contributed by atoms with van der Waals surface area (Å²) >= 11 is 0. The molecule has 3 unspecified atom stereocenters. The van der Waals surface area contributed by atoms with Gasteiger partial charge in [0.2, 0.25) is 5.91 Å². The van der Waals surface area contributed by atoms with Gasteiger partial charge < -0.3 is 35.3 Å². The van der Waals surface area contributed by atoms with Gasteiger partial charge in [-0.25, -0.2) is 19.8 Å². The van der Waals surface area contributed by atoms with Gasteiger partial charge in [0.1, 0.15) is 23.3 Å². The number of Topliss-reactive ketones (excluding diaryl/α,β-unsaturated/α-hetero) is 1. The molecule has 5 aromatic rings. The van der Waals surface area contributed by atoms with Crippen molar-refractivity contribution in [3.8, 4) is 11.1 Å². The van der Waals surface area contributed by atoms with Crippen LogP contribution in [0.3, 0.4) is 0 Å². The number of likely N-dealkylation sites (tertiary alicyclic amines) is 2. The number of nitrogens with one attached hydrogen (secondary N) is 4. The fourth-order valence-electron chi connectivity index (χ4n) is 11.1. The van der Waals surface area contributed by atoms with E-state index in [2.05, 4.69) is 96.1 Å². The van der Waals surface area contributed by atoms with Crippen molar-refractivity contribution in [2.24, 2.45) is 7.05 Å². The number of benzene rings is 2. The first-order valence-corrected chi connectivity index (χ1v) is 24.1. The second-order valence-electron chi connectivity index (χ2n) is 19.1. The number of fused-ring (bicyclic) bond motifs is 2. The molecule has 4 N–H and O–H groups in total. The Hall–Kier alpha value is -6.16. The third-order valence-corrected chi connectivity index (χ3v) is 15.0. The molecule has 2 amide bonds. The van der Waals surface area contributed by atoms with Crippen molar-refractivity contribution in [2.45, 2.75) is 75.4 Å². The first kappa shape index (κ1) is 44.7. The number of anilines is 2. The molecular weight excluding hydrogens is 846 g/mol. The van der Waals surface area contributed by atoms with Crippen LogP contribution < -0.4 is 21.4 Å². The van der Waals surface area contributed by atoms with Crippen molar-refractivity contribution in [3.63, 3.8) is 0 Å². The Kier molecular flexibility index (Phi) is 12.8. The number of pyridine rings is 2. The minimum Gasteiger partial charge on any atom is -0.374 e. The number of halogens is 1. The number of hydrogen-bond donors (Lipinski definition) is 4. The fraction of sp³-hybridized carbons (Fsp3) is 0.442. The van der Waals surface area contributed by atoms with Crippen molar-refractivity contribution in [2.75, 3.05) is 76.6 Å². The number of piperidine rings is 2. The molecule has 350 valence electrons. The standard InChI is InChI=1S/C52H62FN11O3/c1-33(48-28-45-43(14-19-55-50(45)60(48)3)38-8-13-49(54-2)56-29-38)62-22-17-35(18-23-62)34-4-6-37(7-5-34)52(67)63-24-25-64-41(32-63)26-40(59-64)31-61-20-15-36(16-21-61)44-11-9-39(27-46(44)53)58-47-12-10-42(65)30-57-51(47)66/h4-9,11,13-14,19,26-29,33,35-36,40,47,58-59H,10,12,15-18,20-25,30-32H2,1-3H3,(H,54,56)(H,57,66). The molecule has 4 fully saturated rings. The summed E-state index contributed by atoms with van der Waals surface area (Å²) in [7, 11) is 4.00. The molecule has 0 spiro atoms. The number of hydrogen-bond acceptors (Lipinski definition) is 11. The zero-order chi connectivity index (χ0) is 46.2. The van der Waals surface area contributed by atoms with Crippen molar-refractivity contribution >= 4 is 40.1 Å². The van der Waals surface area contributed by atoms with E-state index in [0.717, 1.165) is 104 Å². The van der Waals surface area contributed by atoms with Crippen LogP contribution in [0.2, 0.25) is 0 Å². The maximum absolute atomic E-state index is 15.4. The fourth-order valence-corrected chi connectivity index (χ4v) is 11.1. The summed E-state index contributed by atoms with van der Waals surface area (Å²) in [5, 5.41) is 12.2. The molecule has 3 atom stereocenters. The topological polar surface area (TPSA) is 143 Å². The molecule has 8 heterocycles. The molecule has 5 aliphatic rings. The molecule has 14 nitrogen and oxygen atoms in total. The molecule has 0 saturated carbocycles. The average Bonchev–Trinajstić information content (AvgIpc) is 3.88. The van der Waals surface area contributed by atoms with E-state index in [1.165, 1.54) is 17.3 Å². The maximum Gasteiger partial charge on any atom is 0.254 e. The minimum atomic E-state index is -0.555. The Morgan fingerprint density at radius 2 is 1.69 bits per heavy atom. The first-order chi connectivity index (χ1) is 32.6. The SMILES string of the molecule is CNc1ccc(-c2ccnc3c2cc(C(C)N2CCC(c4ccc(C(=O)N5CCN6NC(CN7CCC(c8ccc(NC9CCC(=O)CNC9=O)cc8F)CC7)C=C6C5)cc4)CC2)n3C)cn1. The van der Waals surface area contributed by atoms with Gasteiger partial charge in [-0.1, -0.05) is 18.2 Å². The summed E-state index contributed by atoms with van der Waals surface area (Å²) < 4.78 is 17.7. The predicted octanol–water partition coefficient (Wildman–Crippen LogP) is 6.42. The monoisotopic (exact) mass is 908 g/mol. The van der Waals surface area contributed by atoms with Crippen molar-refractivity contribution in [3.05, 3.63) is 119 Å². The smallest absolute Gasteiger partial charge is 0.254 e. The molecule has 67 heavy (non-hydrogen) atoms. The van der Waals surface area contributed by atoms with E-state index in [1.54, 1.807) is 0 Å². The number of rotatable bonds is 11. The van der Waals surface area contributed by atoms with Crippen LogP contribution in [0.15, 0.2) is 90.9 Å². The van der Waals surface area contributed by atoms with Crippen LogP contribution in [0.1, 0.15) is 90.5 Å². The number of hydrazine groups is 1. The number of aromatic nitrogens is 3. The highest BCUT2D eigenvalue weighted by atomic mass is 19.1. The van der Waals surface area contributed by atoms with Crippen LogP contribution in [0.4, 0.5) is 15.9 Å². The molecule has 3 aromatic heterocycles. The van der Waals surface area contributed by atoms with Gasteiger partial charge in [0.15, 0.2) is 5.78 Å². The number of aryl methyl sites for hydroxylation is 1. The van der Waals surface area contributed by atoms with E-state index in [1.807, 2.05) is 54.7 Å². The van der Waals surface area contributed by atoms with E-state index in [9.17, 15) is 14.4 Å². The first-order valence-electron chi connectivity index (χ1n) is 24.1. The lowest BCUT2D eigenvalue weighted by atomic mass is 9.88. The number of carbonyl (C=O) groups excluding carboxylic acids is 3. The number of ketones is 1. The molecule has 15 heteroatoms. The van der Waals surface area contributed by atoms with Crippen LogP contribution in [0.25, 0.3) is 22.2 Å². The second-order valence-corrected chi connectivity index (χ2v) is 19.1. The van der Waals surface area contributed by atoms with Crippen LogP contribution >= 0.6 is 0 Å². The van der Waals surface area contributed by atoms with Gasteiger partial charge in [0, 0.05) is 85.6 Å². The quantitative estimate of drug-likeness (QED) is 0.117. The van der Waals surface area contributed by atoms with E-state index in [-0.39, 0.29) is 48.0 Å². The highest BCUT2D eigenvalue weighted by molar-refractivity contribution is 5.95. The van der Waals surface area contributed by atoms with Crippen LogP contribution in [0.5, 0.6) is 0 Å². The lowest BCUT2D eigenvalue weighted by Gasteiger charge is -2.37. The lowest BCUT2D eigenvalue weighted by Crippen LogP contribution is -2.51. The molecule has 2 aromatic carbocycles. The largest absolute Gasteiger partial charge is 0.374 e. The van der Waals surface area contributed by atoms with Gasteiger partial charge in [-0.2, -0.15) is 0 Å². The van der Waals surface area contributed by atoms with Gasteiger partial charge in [-0.05, 0) is 148 Å². The van der Waals surface area contributed by atoms with Gasteiger partial charge in [0.05, 0.1) is 25.7 Å². The van der Waals surface area contributed by atoms with Crippen LogP contribution in [-0.4, -0.2) is 130 Å². The summed E-state index contributed by atoms with van der Waals surface area (Å²) in [5.74, 6) is 1.01. The van der Waals surface area contributed by atoms with E-state index >= 15 is 4.39 Å². The summed E-state index contributed by atoms with van der Waals surface area (Å²) in [6.45, 7) is 8.92. The van der Waals surface area contributed by atoms with E-state index in [4.69, 9.17) is 4.98 Å². The molecular formula is C52H62FN11O3. The van der Waals surface area contributed by atoms with Crippen molar-refractivity contribution in [1.29, 1.82) is 0 Å². The van der Waals surface area contributed by atoms with Gasteiger partial charge in [-0.15, -0.1) is 0 Å². The normalized spacial score (nSPS) is 21.8. The molecule has 10 rings (SSSR count). The Bertz CT molecular complexity index is 2650. The Morgan fingerprint density at radius 3 is 2.43 bits per heavy atom. The third-order valence-electron chi connectivity index (χ3n) is 15.0. The molecule has 0 aliphatic carbocycles. The molecule has 0 radical (unpaired) electrons. The molecule has 5 aliphatic heterocycles. The van der Waals surface area contributed by atoms with E-state index < -0.39 is 6.04 Å². The predicted molar refractivity (Wildman–Crippen MR) is 259 cm³/mol. The molecule has 4 saturated heterocycles. The highest BCUT2D eigenvalue weighted by Crippen LogP contribution is 2.37. The lowest BCUT2D eigenvalue weighted by molar-refractivity contribution is -0.123. The minimum absolute atomic E-state index is 0.00428. The van der Waals surface area contributed by atoms with Crippen molar-refractivity contribution < 1.29 is 18.8 Å². The summed E-state index contributed by atoms with van der Waals surface area (Å²) in [6, 6.07) is 21.9. The van der Waals surface area contributed by atoms with Crippen LogP contribution in [0, 0.1) is 5.82 Å². The van der Waals surface area contributed by atoms with E-state index in [0.29, 0.717) is 43.1 Å².